The zero-order valence-electron chi connectivity index (χ0n) is 16.6. The van der Waals surface area contributed by atoms with Gasteiger partial charge in [0.2, 0.25) is 5.01 Å². The summed E-state index contributed by atoms with van der Waals surface area (Å²) < 4.78 is 27.3. The summed E-state index contributed by atoms with van der Waals surface area (Å²) in [4.78, 5) is 26.6. The number of hydrogen-bond donors (Lipinski definition) is 2. The van der Waals surface area contributed by atoms with Crippen molar-refractivity contribution in [2.24, 2.45) is 0 Å². The standard InChI is InChI=1S/C21H19F2N5O2S/c1-12-4-7-14(8-5-12)24-18(29)20-27-26-19(31-20)17-3-2-10-28(17)21(30)25-16-11-13(22)6-9-15(16)23/h4-9,11,17H,2-3,10H2,1H3,(H,24,29)(H,25,30)/t17-/m1/s1. The normalized spacial score (nSPS) is 15.7. The molecular formula is C21H19F2N5O2S. The van der Waals surface area contributed by atoms with Crippen molar-refractivity contribution in [2.75, 3.05) is 17.2 Å². The molecule has 2 N–H and O–H groups in total. The Morgan fingerprint density at radius 1 is 1.10 bits per heavy atom. The van der Waals surface area contributed by atoms with Gasteiger partial charge in [0.05, 0.1) is 11.7 Å². The lowest BCUT2D eigenvalue weighted by Gasteiger charge is -2.23. The number of benzene rings is 2. The van der Waals surface area contributed by atoms with Crippen molar-refractivity contribution >= 4 is 34.6 Å². The van der Waals surface area contributed by atoms with E-state index in [9.17, 15) is 18.4 Å². The van der Waals surface area contributed by atoms with Crippen LogP contribution in [0.15, 0.2) is 42.5 Å². The fraction of sp³-hybridized carbons (Fsp3) is 0.238. The fourth-order valence-electron chi connectivity index (χ4n) is 3.33. The number of aromatic nitrogens is 2. The topological polar surface area (TPSA) is 87.2 Å². The molecule has 2 aromatic carbocycles. The van der Waals surface area contributed by atoms with Gasteiger partial charge in [0, 0.05) is 18.3 Å². The molecule has 1 aliphatic rings. The number of carbonyl (C=O) groups excluding carboxylic acids is 2. The zero-order valence-corrected chi connectivity index (χ0v) is 17.4. The zero-order chi connectivity index (χ0) is 22.0. The molecule has 31 heavy (non-hydrogen) atoms. The van der Waals surface area contributed by atoms with E-state index in [0.29, 0.717) is 30.1 Å². The summed E-state index contributed by atoms with van der Waals surface area (Å²) in [6.45, 7) is 2.38. The molecule has 7 nitrogen and oxygen atoms in total. The third kappa shape index (κ3) is 4.69. The molecule has 1 fully saturated rings. The van der Waals surface area contributed by atoms with Gasteiger partial charge in [-0.2, -0.15) is 0 Å². The summed E-state index contributed by atoms with van der Waals surface area (Å²) in [5.41, 5.74) is 1.49. The molecule has 4 rings (SSSR count). The van der Waals surface area contributed by atoms with E-state index in [0.717, 1.165) is 35.1 Å². The van der Waals surface area contributed by atoms with Gasteiger partial charge < -0.3 is 15.5 Å². The average molecular weight is 443 g/mol. The molecule has 0 aliphatic carbocycles. The molecule has 1 aromatic heterocycles. The Balaban J connectivity index is 1.45. The third-order valence-corrected chi connectivity index (χ3v) is 5.94. The number of nitrogens with zero attached hydrogens (tertiary/aromatic N) is 3. The van der Waals surface area contributed by atoms with Crippen LogP contribution < -0.4 is 10.6 Å². The Labute approximate surface area is 181 Å². The molecule has 0 saturated carbocycles. The highest BCUT2D eigenvalue weighted by Gasteiger charge is 2.33. The van der Waals surface area contributed by atoms with Crippen molar-refractivity contribution in [2.45, 2.75) is 25.8 Å². The van der Waals surface area contributed by atoms with Crippen molar-refractivity contribution in [3.63, 3.8) is 0 Å². The minimum absolute atomic E-state index is 0.180. The number of likely N-dealkylation sites (tertiary alicyclic amines) is 1. The SMILES string of the molecule is Cc1ccc(NC(=O)c2nnc([C@H]3CCCN3C(=O)Nc3cc(F)ccc3F)s2)cc1. The van der Waals surface area contributed by atoms with E-state index < -0.39 is 23.7 Å². The molecule has 0 bridgehead atoms. The van der Waals surface area contributed by atoms with Crippen LogP contribution in [0.25, 0.3) is 0 Å². The summed E-state index contributed by atoms with van der Waals surface area (Å²) in [7, 11) is 0. The third-order valence-electron chi connectivity index (χ3n) is 4.91. The molecule has 0 spiro atoms. The average Bonchev–Trinajstić information content (AvgIpc) is 3.42. The van der Waals surface area contributed by atoms with Crippen LogP contribution in [0.3, 0.4) is 0 Å². The van der Waals surface area contributed by atoms with Crippen LogP contribution in [-0.2, 0) is 0 Å². The fourth-order valence-corrected chi connectivity index (χ4v) is 4.22. The van der Waals surface area contributed by atoms with Crippen molar-refractivity contribution < 1.29 is 18.4 Å². The van der Waals surface area contributed by atoms with Gasteiger partial charge in [-0.1, -0.05) is 29.0 Å². The van der Waals surface area contributed by atoms with E-state index >= 15 is 0 Å². The molecule has 160 valence electrons. The Morgan fingerprint density at radius 2 is 1.87 bits per heavy atom. The van der Waals surface area contributed by atoms with Gasteiger partial charge in [-0.25, -0.2) is 13.6 Å². The van der Waals surface area contributed by atoms with E-state index in [1.807, 2.05) is 19.1 Å². The molecular weight excluding hydrogens is 424 g/mol. The molecule has 3 amide bonds. The first-order valence-electron chi connectivity index (χ1n) is 9.65. The van der Waals surface area contributed by atoms with Gasteiger partial charge >= 0.3 is 6.03 Å². The lowest BCUT2D eigenvalue weighted by molar-refractivity contribution is 0.102. The van der Waals surface area contributed by atoms with E-state index in [2.05, 4.69) is 20.8 Å². The van der Waals surface area contributed by atoms with Crippen LogP contribution in [0.1, 0.15) is 39.3 Å². The van der Waals surface area contributed by atoms with E-state index in [4.69, 9.17) is 0 Å². The number of halogens is 2. The van der Waals surface area contributed by atoms with Crippen molar-refractivity contribution in [1.82, 2.24) is 15.1 Å². The van der Waals surface area contributed by atoms with Crippen molar-refractivity contribution in [3.8, 4) is 0 Å². The smallest absolute Gasteiger partial charge is 0.320 e. The second kappa shape index (κ2) is 8.76. The number of rotatable bonds is 4. The molecule has 10 heteroatoms. The maximum absolute atomic E-state index is 13.9. The number of hydrogen-bond acceptors (Lipinski definition) is 5. The second-order valence-corrected chi connectivity index (χ2v) is 8.18. The Hall–Kier alpha value is -3.40. The van der Waals surface area contributed by atoms with Crippen molar-refractivity contribution in [3.05, 3.63) is 69.7 Å². The maximum atomic E-state index is 13.9. The first kappa shape index (κ1) is 20.9. The van der Waals surface area contributed by atoms with Crippen LogP contribution in [0.2, 0.25) is 0 Å². The van der Waals surface area contributed by atoms with Gasteiger partial charge in [0.25, 0.3) is 5.91 Å². The lowest BCUT2D eigenvalue weighted by Crippen LogP contribution is -2.34. The van der Waals surface area contributed by atoms with Gasteiger partial charge in [-0.3, -0.25) is 4.79 Å². The van der Waals surface area contributed by atoms with Crippen LogP contribution in [0.5, 0.6) is 0 Å². The molecule has 1 atom stereocenters. The van der Waals surface area contributed by atoms with E-state index in [-0.39, 0.29) is 16.6 Å². The van der Waals surface area contributed by atoms with Crippen LogP contribution in [-0.4, -0.2) is 33.6 Å². The lowest BCUT2D eigenvalue weighted by atomic mass is 10.2. The number of carbonyl (C=O) groups is 2. The maximum Gasteiger partial charge on any atom is 0.322 e. The highest BCUT2D eigenvalue weighted by Crippen LogP contribution is 2.34. The molecule has 3 aromatic rings. The van der Waals surface area contributed by atoms with Crippen LogP contribution >= 0.6 is 11.3 Å². The monoisotopic (exact) mass is 443 g/mol. The molecule has 1 aliphatic heterocycles. The number of urea groups is 1. The quantitative estimate of drug-likeness (QED) is 0.609. The number of anilines is 2. The van der Waals surface area contributed by atoms with Gasteiger partial charge in [-0.15, -0.1) is 10.2 Å². The highest BCUT2D eigenvalue weighted by atomic mass is 32.1. The molecule has 1 saturated heterocycles. The first-order valence-corrected chi connectivity index (χ1v) is 10.5. The van der Waals surface area contributed by atoms with E-state index in [1.54, 1.807) is 12.1 Å². The first-order chi connectivity index (χ1) is 14.9. The second-order valence-electron chi connectivity index (χ2n) is 7.17. The van der Waals surface area contributed by atoms with Gasteiger partial charge in [0.15, 0.2) is 0 Å². The summed E-state index contributed by atoms with van der Waals surface area (Å²) in [6.07, 6.45) is 1.35. The van der Waals surface area contributed by atoms with E-state index in [1.165, 1.54) is 4.90 Å². The summed E-state index contributed by atoms with van der Waals surface area (Å²) in [5.74, 6) is -1.76. The highest BCUT2D eigenvalue weighted by molar-refractivity contribution is 7.13. The summed E-state index contributed by atoms with van der Waals surface area (Å²) >= 11 is 1.10. The summed E-state index contributed by atoms with van der Waals surface area (Å²) in [5, 5.41) is 13.9. The predicted molar refractivity (Wildman–Crippen MR) is 113 cm³/mol. The molecule has 0 radical (unpaired) electrons. The van der Waals surface area contributed by atoms with Crippen LogP contribution in [0.4, 0.5) is 25.0 Å². The Morgan fingerprint density at radius 3 is 2.65 bits per heavy atom. The predicted octanol–water partition coefficient (Wildman–Crippen LogP) is 4.75. The number of amides is 3. The van der Waals surface area contributed by atoms with Crippen LogP contribution in [0, 0.1) is 18.6 Å². The van der Waals surface area contributed by atoms with Gasteiger partial charge in [0.1, 0.15) is 16.6 Å². The number of aryl methyl sites for hydroxylation is 1. The Bertz CT molecular complexity index is 1120. The minimum atomic E-state index is -0.725. The largest absolute Gasteiger partial charge is 0.322 e. The molecule has 2 heterocycles. The van der Waals surface area contributed by atoms with Gasteiger partial charge in [-0.05, 0) is 44.0 Å². The minimum Gasteiger partial charge on any atom is -0.320 e. The molecule has 0 unspecified atom stereocenters. The van der Waals surface area contributed by atoms with Crippen molar-refractivity contribution in [1.29, 1.82) is 0 Å². The Kier molecular flexibility index (Phi) is 5.90. The number of nitrogens with one attached hydrogen (secondary N) is 2. The summed E-state index contributed by atoms with van der Waals surface area (Å²) in [6, 6.07) is 9.27.